The molecule has 6 fully saturated rings. The molecule has 5 saturated carbocycles. The van der Waals surface area contributed by atoms with Crippen LogP contribution >= 0.6 is 0 Å². The number of ether oxygens (including phenoxy) is 1. The van der Waals surface area contributed by atoms with Crippen LogP contribution in [0.1, 0.15) is 79.1 Å². The number of methoxy groups -OCH3 is 1. The van der Waals surface area contributed by atoms with Gasteiger partial charge in [-0.1, -0.05) is 27.2 Å². The third-order valence-corrected chi connectivity index (χ3v) is 14.0. The molecule has 0 aromatic carbocycles. The summed E-state index contributed by atoms with van der Waals surface area (Å²) in [7, 11) is 10.1. The monoisotopic (exact) mass is 692 g/mol. The molecule has 11 nitrogen and oxygen atoms in total. The first-order valence-electron chi connectivity index (χ1n) is 19.3. The lowest BCUT2D eigenvalue weighted by atomic mass is 9.45. The van der Waals surface area contributed by atoms with Crippen LogP contribution in [-0.4, -0.2) is 135 Å². The van der Waals surface area contributed by atoms with Crippen molar-refractivity contribution in [2.45, 2.75) is 115 Å². The summed E-state index contributed by atoms with van der Waals surface area (Å²) in [6, 6.07) is -0.271. The van der Waals surface area contributed by atoms with Gasteiger partial charge in [-0.2, -0.15) is 5.06 Å². The topological polar surface area (TPSA) is 127 Å². The molecule has 2 amide bonds. The summed E-state index contributed by atoms with van der Waals surface area (Å²) >= 11 is 0. The molecule has 0 aromatic rings. The molecule has 2 bridgehead atoms. The van der Waals surface area contributed by atoms with Crippen molar-refractivity contribution < 1.29 is 29.4 Å². The maximum atomic E-state index is 14.2. The number of nitrogens with zero attached hydrogens (tertiary/aromatic N) is 3. The van der Waals surface area contributed by atoms with Crippen molar-refractivity contribution in [2.75, 3.05) is 61.5 Å². The molecule has 49 heavy (non-hydrogen) atoms. The van der Waals surface area contributed by atoms with E-state index in [1.54, 1.807) is 19.1 Å². The number of carbonyl (C=O) groups excluding carboxylic acids is 2. The van der Waals surface area contributed by atoms with E-state index in [9.17, 15) is 19.8 Å². The van der Waals surface area contributed by atoms with Gasteiger partial charge in [0.1, 0.15) is 12.1 Å². The summed E-state index contributed by atoms with van der Waals surface area (Å²) in [5.41, 5.74) is 0.320. The first-order valence-corrected chi connectivity index (χ1v) is 19.3. The van der Waals surface area contributed by atoms with Crippen LogP contribution in [0.5, 0.6) is 0 Å². The van der Waals surface area contributed by atoms with Gasteiger partial charge in [-0.05, 0) is 115 Å². The van der Waals surface area contributed by atoms with Crippen LogP contribution in [0.2, 0.25) is 0 Å². The molecule has 0 radical (unpaired) electrons. The highest BCUT2D eigenvalue weighted by Crippen LogP contribution is 2.61. The molecular weight excluding hydrogens is 622 g/mol. The normalized spacial score (nSPS) is 41.4. The van der Waals surface area contributed by atoms with E-state index in [1.807, 2.05) is 14.1 Å². The molecule has 0 spiro atoms. The minimum absolute atomic E-state index is 0.0305. The fourth-order valence-electron chi connectivity index (χ4n) is 11.0. The number of carbonyl (C=O) groups is 2. The van der Waals surface area contributed by atoms with Gasteiger partial charge in [0.2, 0.25) is 11.8 Å². The van der Waals surface area contributed by atoms with Crippen LogP contribution in [-0.2, 0) is 19.2 Å². The van der Waals surface area contributed by atoms with Gasteiger partial charge in [-0.15, -0.1) is 0 Å². The summed E-state index contributed by atoms with van der Waals surface area (Å²) in [6.07, 6.45) is 6.49. The Morgan fingerprint density at radius 2 is 1.80 bits per heavy atom. The summed E-state index contributed by atoms with van der Waals surface area (Å²) in [4.78, 5) is 38.4. The van der Waals surface area contributed by atoms with Crippen LogP contribution in [0.3, 0.4) is 0 Å². The van der Waals surface area contributed by atoms with E-state index in [1.165, 1.54) is 6.42 Å². The Morgan fingerprint density at radius 1 is 1.06 bits per heavy atom. The minimum Gasteiger partial charge on any atom is -0.394 e. The quantitative estimate of drug-likeness (QED) is 0.231. The predicted octanol–water partition coefficient (Wildman–Crippen LogP) is 2.60. The zero-order chi connectivity index (χ0) is 35.8. The van der Waals surface area contributed by atoms with Gasteiger partial charge >= 0.3 is 0 Å². The number of nitrogens with one attached hydrogen (secondary N) is 2. The Balaban J connectivity index is 1.31. The molecule has 6 rings (SSSR count). The van der Waals surface area contributed by atoms with Crippen LogP contribution in [0.25, 0.3) is 0 Å². The third kappa shape index (κ3) is 8.18. The van der Waals surface area contributed by atoms with Gasteiger partial charge in [0.05, 0.1) is 18.8 Å². The molecular formula is C38H69N5O6. The number of hydroxylamine groups is 2. The van der Waals surface area contributed by atoms with E-state index >= 15 is 0 Å². The van der Waals surface area contributed by atoms with Gasteiger partial charge in [0.25, 0.3) is 0 Å². The van der Waals surface area contributed by atoms with Gasteiger partial charge in [-0.25, -0.2) is 0 Å². The van der Waals surface area contributed by atoms with Gasteiger partial charge in [0.15, 0.2) is 0 Å². The van der Waals surface area contributed by atoms with Crippen LogP contribution in [0, 0.1) is 52.8 Å². The largest absolute Gasteiger partial charge is 0.394 e. The maximum Gasteiger partial charge on any atom is 0.240 e. The predicted molar refractivity (Wildman–Crippen MR) is 190 cm³/mol. The number of rotatable bonds is 13. The average molecular weight is 692 g/mol. The maximum absolute atomic E-state index is 14.2. The minimum atomic E-state index is -0.822. The number of fused-ring (bicyclic) bond motifs is 2. The Labute approximate surface area is 296 Å². The van der Waals surface area contributed by atoms with Crippen LogP contribution in [0.4, 0.5) is 0 Å². The highest BCUT2D eigenvalue weighted by Gasteiger charge is 2.58. The molecule has 1 heterocycles. The molecule has 4 N–H and O–H groups in total. The van der Waals surface area contributed by atoms with Crippen molar-refractivity contribution in [3.63, 3.8) is 0 Å². The van der Waals surface area contributed by atoms with Crippen molar-refractivity contribution in [3.8, 4) is 0 Å². The van der Waals surface area contributed by atoms with Gasteiger partial charge < -0.3 is 35.4 Å². The highest BCUT2D eigenvalue weighted by molar-refractivity contribution is 5.83. The van der Waals surface area contributed by atoms with Crippen molar-refractivity contribution in [3.05, 3.63) is 0 Å². The second kappa shape index (κ2) is 16.1. The first kappa shape index (κ1) is 38.9. The second-order valence-corrected chi connectivity index (χ2v) is 17.7. The number of aliphatic hydroxyl groups excluding tert-OH is 2. The van der Waals surface area contributed by atoms with Gasteiger partial charge in [-0.3, -0.25) is 14.4 Å². The summed E-state index contributed by atoms with van der Waals surface area (Å²) in [5.74, 6) is 1.82. The zero-order valence-electron chi connectivity index (χ0n) is 31.9. The smallest absolute Gasteiger partial charge is 0.240 e. The van der Waals surface area contributed by atoms with Crippen molar-refractivity contribution in [1.29, 1.82) is 0 Å². The van der Waals surface area contributed by atoms with E-state index in [4.69, 9.17) is 9.57 Å². The second-order valence-electron chi connectivity index (χ2n) is 17.7. The highest BCUT2D eigenvalue weighted by atomic mass is 16.7. The molecule has 0 aromatic heterocycles. The van der Waals surface area contributed by atoms with Crippen molar-refractivity contribution >= 4 is 11.8 Å². The Morgan fingerprint density at radius 3 is 2.39 bits per heavy atom. The SMILES string of the molecule is COC1C(CN2O[C@@H](CO)[C@@H]([C@H](C)O)[C@H]2C(=O)N[C@H]2C[C@H]3C[C@@H]([C@@H]2C)C3(C)C)CCCC1C1CC(C(=O)NCCN(C)C)CC(N(C)C)C1. The van der Waals surface area contributed by atoms with E-state index in [0.717, 1.165) is 51.5 Å². The Bertz CT molecular complexity index is 1120. The van der Waals surface area contributed by atoms with Crippen molar-refractivity contribution in [2.24, 2.45) is 52.8 Å². The van der Waals surface area contributed by atoms with Gasteiger partial charge in [0, 0.05) is 56.6 Å². The molecule has 6 aliphatic rings. The van der Waals surface area contributed by atoms with Crippen LogP contribution < -0.4 is 10.6 Å². The van der Waals surface area contributed by atoms with E-state index in [2.05, 4.69) is 55.3 Å². The van der Waals surface area contributed by atoms with E-state index in [-0.39, 0.29) is 48.3 Å². The van der Waals surface area contributed by atoms with Crippen molar-refractivity contribution in [1.82, 2.24) is 25.5 Å². The Kier molecular flexibility index (Phi) is 12.8. The third-order valence-electron chi connectivity index (χ3n) is 14.0. The summed E-state index contributed by atoms with van der Waals surface area (Å²) in [5, 5.41) is 29.7. The molecule has 5 aliphatic carbocycles. The number of aliphatic hydroxyl groups is 2. The number of hydrogen-bond acceptors (Lipinski definition) is 9. The lowest BCUT2D eigenvalue weighted by Crippen LogP contribution is -2.62. The number of likely N-dealkylation sites (N-methyl/N-ethyl adjacent to an activating group) is 1. The first-order chi connectivity index (χ1) is 23.2. The Hall–Kier alpha value is -1.34. The average Bonchev–Trinajstić information content (AvgIpc) is 3.43. The lowest BCUT2D eigenvalue weighted by molar-refractivity contribution is -0.193. The van der Waals surface area contributed by atoms with E-state index < -0.39 is 24.2 Å². The fraction of sp³-hybridized carbons (Fsp3) is 0.947. The molecule has 1 saturated heterocycles. The number of amides is 2. The molecule has 11 heteroatoms. The summed E-state index contributed by atoms with van der Waals surface area (Å²) in [6.45, 7) is 10.4. The fourth-order valence-corrected chi connectivity index (χ4v) is 11.0. The molecule has 14 atom stereocenters. The number of hydrogen-bond donors (Lipinski definition) is 4. The lowest BCUT2D eigenvalue weighted by Gasteiger charge is -2.62. The zero-order valence-corrected chi connectivity index (χ0v) is 31.9. The van der Waals surface area contributed by atoms with Crippen LogP contribution in [0.15, 0.2) is 0 Å². The van der Waals surface area contributed by atoms with E-state index in [0.29, 0.717) is 48.2 Å². The molecule has 282 valence electrons. The molecule has 6 unspecified atom stereocenters. The molecule has 1 aliphatic heterocycles. The standard InChI is InChI=1S/C38H69N5O6/c1-22-30-18-27(38(30,3)4)19-31(22)40-37(47)34-33(23(2)45)32(21-44)49-43(34)20-24-11-10-12-29(35(24)48-9)25-15-26(17-28(16-25)42(7)8)36(46)39-13-14-41(5)6/h22-35,44-45H,10-21H2,1-9H3,(H,39,46)(H,40,47)/t22-,23-,24?,25?,26?,27+,28?,29?,30-,31-,32-,33+,34-,35?/m0/s1. The summed E-state index contributed by atoms with van der Waals surface area (Å²) < 4.78 is 6.36.